The van der Waals surface area contributed by atoms with Gasteiger partial charge in [0.15, 0.2) is 9.84 Å². The fourth-order valence-corrected chi connectivity index (χ4v) is 5.10. The maximum absolute atomic E-state index is 13.9. The fourth-order valence-electron chi connectivity index (χ4n) is 4.39. The van der Waals surface area contributed by atoms with E-state index < -0.39 is 15.9 Å². The minimum Gasteiger partial charge on any atom is -0.338 e. The molecule has 1 aliphatic heterocycles. The lowest BCUT2D eigenvalue weighted by Crippen LogP contribution is -2.42. The molecule has 1 unspecified atom stereocenters. The van der Waals surface area contributed by atoms with Crippen LogP contribution in [0.2, 0.25) is 0 Å². The molecule has 1 saturated heterocycles. The third kappa shape index (κ3) is 6.46. The molecule has 192 valence electrons. The number of rotatable bonds is 9. The number of benzene rings is 1. The van der Waals surface area contributed by atoms with Crippen LogP contribution in [0.25, 0.3) is 5.57 Å². The van der Waals surface area contributed by atoms with Gasteiger partial charge in [0.2, 0.25) is 11.7 Å². The highest BCUT2D eigenvalue weighted by Gasteiger charge is 2.30. The number of sulfone groups is 1. The highest BCUT2D eigenvalue weighted by atomic mass is 32.2. The van der Waals surface area contributed by atoms with Crippen molar-refractivity contribution in [2.75, 3.05) is 24.7 Å². The molecule has 1 aromatic heterocycles. The molecule has 9 nitrogen and oxygen atoms in total. The molecule has 0 bridgehead atoms. The smallest absolute Gasteiger partial charge is 0.321 e. The summed E-state index contributed by atoms with van der Waals surface area (Å²) in [6, 6.07) is 6.14. The summed E-state index contributed by atoms with van der Waals surface area (Å²) in [6.07, 6.45) is 10.3. The second-order valence-corrected chi connectivity index (χ2v) is 11.1. The molecule has 1 aliphatic carbocycles. The Hall–Kier alpha value is -3.31. The van der Waals surface area contributed by atoms with Gasteiger partial charge in [0.1, 0.15) is 5.82 Å². The topological polar surface area (TPSA) is 131 Å². The van der Waals surface area contributed by atoms with Gasteiger partial charge in [0.25, 0.3) is 0 Å². The maximum atomic E-state index is 13.9. The average molecular weight is 516 g/mol. The monoisotopic (exact) mass is 515 g/mol. The number of hydrogen-bond donors (Lipinski definition) is 2. The number of carbonyl (C=O) groups excluding carboxylic acids is 1. The molecular weight excluding hydrogens is 485 g/mol. The third-order valence-corrected chi connectivity index (χ3v) is 7.54. The van der Waals surface area contributed by atoms with Gasteiger partial charge in [-0.3, -0.25) is 4.79 Å². The van der Waals surface area contributed by atoms with Crippen molar-refractivity contribution in [3.8, 4) is 0 Å². The van der Waals surface area contributed by atoms with Gasteiger partial charge in [-0.1, -0.05) is 41.6 Å². The van der Waals surface area contributed by atoms with Gasteiger partial charge in [0.05, 0.1) is 0 Å². The largest absolute Gasteiger partial charge is 0.338 e. The first-order valence-corrected chi connectivity index (χ1v) is 13.7. The molecule has 1 amide bonds. The zero-order chi connectivity index (χ0) is 25.7. The van der Waals surface area contributed by atoms with E-state index in [1.54, 1.807) is 47.4 Å². The molecule has 0 radical (unpaired) electrons. The van der Waals surface area contributed by atoms with E-state index in [1.165, 1.54) is 12.3 Å². The molecular formula is C25H30FN5O4S. The fraction of sp³-hybridized carbons (Fsp3) is 0.400. The number of aromatic nitrogens is 2. The molecule has 0 spiro atoms. The van der Waals surface area contributed by atoms with Crippen molar-refractivity contribution in [2.24, 2.45) is 5.73 Å². The first-order chi connectivity index (χ1) is 17.2. The number of allylic oxidation sites excluding steroid dienone is 6. The van der Waals surface area contributed by atoms with Gasteiger partial charge < -0.3 is 20.5 Å². The highest BCUT2D eigenvalue weighted by Crippen LogP contribution is 2.23. The quantitative estimate of drug-likeness (QED) is 0.521. The Morgan fingerprint density at radius 1 is 1.33 bits per heavy atom. The van der Waals surface area contributed by atoms with E-state index in [-0.39, 0.29) is 30.2 Å². The van der Waals surface area contributed by atoms with Gasteiger partial charge in [0, 0.05) is 54.7 Å². The van der Waals surface area contributed by atoms with E-state index in [0.29, 0.717) is 47.8 Å². The number of carbonyl (C=O) groups is 1. The maximum Gasteiger partial charge on any atom is 0.321 e. The van der Waals surface area contributed by atoms with Crippen LogP contribution in [0.4, 0.5) is 10.4 Å². The van der Waals surface area contributed by atoms with Crippen LogP contribution in [0.3, 0.4) is 0 Å². The van der Waals surface area contributed by atoms with E-state index >= 15 is 0 Å². The number of likely N-dealkylation sites (tertiary alicyclic amines) is 1. The van der Waals surface area contributed by atoms with Crippen molar-refractivity contribution in [3.05, 3.63) is 70.7 Å². The summed E-state index contributed by atoms with van der Waals surface area (Å²) in [7, 11) is -3.27. The number of hydrogen-bond acceptors (Lipinski definition) is 8. The van der Waals surface area contributed by atoms with Gasteiger partial charge >= 0.3 is 6.01 Å². The number of halogens is 1. The highest BCUT2D eigenvalue weighted by molar-refractivity contribution is 7.94. The average Bonchev–Trinajstić information content (AvgIpc) is 3.42. The lowest BCUT2D eigenvalue weighted by atomic mass is 10.0. The number of nitrogens with zero attached hydrogens (tertiary/aromatic N) is 3. The zero-order valence-electron chi connectivity index (χ0n) is 20.1. The lowest BCUT2D eigenvalue weighted by Gasteiger charge is -2.26. The second-order valence-electron chi connectivity index (χ2n) is 9.08. The van der Waals surface area contributed by atoms with Crippen LogP contribution in [0.15, 0.2) is 58.0 Å². The summed E-state index contributed by atoms with van der Waals surface area (Å²) in [5.41, 5.74) is 7.30. The van der Waals surface area contributed by atoms with E-state index in [2.05, 4.69) is 15.5 Å². The summed E-state index contributed by atoms with van der Waals surface area (Å²) in [5.74, 6) is -0.0423. The molecule has 2 aliphatic rings. The van der Waals surface area contributed by atoms with Crippen LogP contribution in [0.5, 0.6) is 0 Å². The van der Waals surface area contributed by atoms with Crippen molar-refractivity contribution >= 4 is 27.3 Å². The molecule has 2 aromatic rings. The normalized spacial score (nSPS) is 19.0. The van der Waals surface area contributed by atoms with E-state index in [4.69, 9.17) is 10.3 Å². The summed E-state index contributed by atoms with van der Waals surface area (Å²) in [5, 5.41) is 7.08. The number of anilines is 1. The van der Waals surface area contributed by atoms with Crippen LogP contribution >= 0.6 is 0 Å². The summed E-state index contributed by atoms with van der Waals surface area (Å²) in [6.45, 7) is 1.07. The van der Waals surface area contributed by atoms with Crippen molar-refractivity contribution < 1.29 is 22.1 Å². The van der Waals surface area contributed by atoms with Crippen LogP contribution in [-0.4, -0.2) is 60.8 Å². The van der Waals surface area contributed by atoms with E-state index in [1.807, 2.05) is 0 Å². The molecule has 1 fully saturated rings. The first kappa shape index (κ1) is 25.8. The van der Waals surface area contributed by atoms with E-state index in [9.17, 15) is 17.6 Å². The minimum atomic E-state index is -3.27. The zero-order valence-corrected chi connectivity index (χ0v) is 20.9. The molecule has 3 N–H and O–H groups in total. The Balaban J connectivity index is 1.32. The molecule has 4 rings (SSSR count). The van der Waals surface area contributed by atoms with E-state index in [0.717, 1.165) is 12.8 Å². The second kappa shape index (κ2) is 11.2. The van der Waals surface area contributed by atoms with Gasteiger partial charge in [-0.15, -0.1) is 0 Å². The van der Waals surface area contributed by atoms with Crippen molar-refractivity contribution in [3.63, 3.8) is 0 Å². The Morgan fingerprint density at radius 2 is 2.14 bits per heavy atom. The van der Waals surface area contributed by atoms with Crippen LogP contribution in [-0.2, 0) is 21.1 Å². The number of nitrogens with one attached hydrogen (secondary N) is 1. The van der Waals surface area contributed by atoms with Crippen molar-refractivity contribution in [1.82, 2.24) is 15.0 Å². The summed E-state index contributed by atoms with van der Waals surface area (Å²) >= 11 is 0. The molecule has 36 heavy (non-hydrogen) atoms. The van der Waals surface area contributed by atoms with Gasteiger partial charge in [-0.25, -0.2) is 12.8 Å². The molecule has 2 heterocycles. The molecule has 1 aromatic carbocycles. The first-order valence-electron chi connectivity index (χ1n) is 11.8. The van der Waals surface area contributed by atoms with Crippen molar-refractivity contribution in [2.45, 2.75) is 44.2 Å². The number of nitrogens with two attached hydrogens (primary N) is 1. The molecule has 11 heteroatoms. The van der Waals surface area contributed by atoms with Gasteiger partial charge in [-0.2, -0.15) is 4.98 Å². The van der Waals surface area contributed by atoms with Crippen LogP contribution in [0, 0.1) is 5.82 Å². The number of amides is 1. The lowest BCUT2D eigenvalue weighted by molar-refractivity contribution is -0.132. The van der Waals surface area contributed by atoms with Crippen LogP contribution < -0.4 is 11.1 Å². The minimum absolute atomic E-state index is 0.0502. The standard InChI is InChI=1S/C25H30FN5O4S/c1-36(33,34)21-9-4-7-17(11-12-21)24-29-25(35-30-24)28-16-20-8-5-13-31(20)23(32)15-19(27)14-18-6-2-3-10-22(18)26/h2-4,6-7,10-12,19-20H,5,8-9,13-16,27H2,1H3,(H,28,29,30)/t19?,20-/m0/s1. The molecule has 2 atom stereocenters. The summed E-state index contributed by atoms with van der Waals surface area (Å²) < 4.78 is 42.8. The predicted octanol–water partition coefficient (Wildman–Crippen LogP) is 2.84. The summed E-state index contributed by atoms with van der Waals surface area (Å²) in [4.78, 5) is 19.4. The van der Waals surface area contributed by atoms with Crippen LogP contribution in [0.1, 0.15) is 37.1 Å². The Morgan fingerprint density at radius 3 is 2.92 bits per heavy atom. The van der Waals surface area contributed by atoms with Crippen molar-refractivity contribution in [1.29, 1.82) is 0 Å². The Bertz CT molecular complexity index is 1300. The predicted molar refractivity (Wildman–Crippen MR) is 135 cm³/mol. The Kier molecular flexibility index (Phi) is 8.00. The Labute approximate surface area is 209 Å². The SMILES string of the molecule is CS(=O)(=O)C1=CC=C(c2noc(NC[C@@H]3CCCN3C(=O)CC(N)Cc3ccccc3F)n2)C=CC1. The molecule has 0 saturated carbocycles. The third-order valence-electron chi connectivity index (χ3n) is 6.29. The van der Waals surface area contributed by atoms with Gasteiger partial charge in [-0.05, 0) is 37.0 Å².